The van der Waals surface area contributed by atoms with Gasteiger partial charge in [0.15, 0.2) is 0 Å². The third-order valence-corrected chi connectivity index (χ3v) is 7.06. The summed E-state index contributed by atoms with van der Waals surface area (Å²) in [6, 6.07) is 8.83. The average Bonchev–Trinajstić information content (AvgIpc) is 2.61. The quantitative estimate of drug-likeness (QED) is 0.711. The van der Waals surface area contributed by atoms with E-state index >= 15 is 0 Å². The molecule has 1 aliphatic rings. The van der Waals surface area contributed by atoms with E-state index in [0.717, 1.165) is 19.3 Å². The molecule has 0 atom stereocenters. The fourth-order valence-electron chi connectivity index (χ4n) is 2.92. The maximum absolute atomic E-state index is 12.9. The summed E-state index contributed by atoms with van der Waals surface area (Å²) in [4.78, 5) is 12.5. The Balaban J connectivity index is 1.89. The maximum Gasteiger partial charge on any atom is 0.255 e. The third-order valence-electron chi connectivity index (χ3n) is 4.25. The highest BCUT2D eigenvalue weighted by Crippen LogP contribution is 2.28. The van der Waals surface area contributed by atoms with Crippen molar-refractivity contribution in [2.24, 2.45) is 0 Å². The highest BCUT2D eigenvalue weighted by atomic mass is 35.5. The van der Waals surface area contributed by atoms with Gasteiger partial charge in [-0.25, -0.2) is 8.42 Å². The molecule has 2 aromatic carbocycles. The topological polar surface area (TPSA) is 66.5 Å². The predicted octanol–water partition coefficient (Wildman–Crippen LogP) is 5.07. The molecule has 1 N–H and O–H groups in total. The molecule has 1 fully saturated rings. The minimum Gasteiger partial charge on any atom is -0.322 e. The van der Waals surface area contributed by atoms with Crippen LogP contribution in [0.5, 0.6) is 0 Å². The second kappa shape index (κ2) is 8.37. The maximum atomic E-state index is 12.9. The van der Waals surface area contributed by atoms with Gasteiger partial charge < -0.3 is 5.32 Å². The first-order chi connectivity index (χ1) is 12.8. The van der Waals surface area contributed by atoms with Gasteiger partial charge in [0.25, 0.3) is 5.91 Å². The van der Waals surface area contributed by atoms with Gasteiger partial charge in [0.2, 0.25) is 10.0 Å². The number of carbonyl (C=O) groups excluding carboxylic acids is 1. The van der Waals surface area contributed by atoms with Crippen LogP contribution in [0.15, 0.2) is 41.3 Å². The number of rotatable bonds is 4. The van der Waals surface area contributed by atoms with Crippen molar-refractivity contribution in [3.63, 3.8) is 0 Å². The van der Waals surface area contributed by atoms with Gasteiger partial charge in [-0.15, -0.1) is 0 Å². The second-order valence-electron chi connectivity index (χ2n) is 6.22. The number of carbonyl (C=O) groups is 1. The summed E-state index contributed by atoms with van der Waals surface area (Å²) >= 11 is 18.0. The molecule has 1 amide bonds. The zero-order chi connectivity index (χ0) is 19.6. The summed E-state index contributed by atoms with van der Waals surface area (Å²) in [5.74, 6) is -0.486. The van der Waals surface area contributed by atoms with Crippen LogP contribution in [0.2, 0.25) is 15.1 Å². The number of nitrogens with zero attached hydrogens (tertiary/aromatic N) is 1. The fourth-order valence-corrected chi connectivity index (χ4v) is 5.46. The molecule has 144 valence electrons. The Bertz CT molecular complexity index is 954. The number of sulfonamides is 1. The molecule has 3 rings (SSSR count). The van der Waals surface area contributed by atoms with E-state index in [2.05, 4.69) is 5.32 Å². The van der Waals surface area contributed by atoms with Gasteiger partial charge >= 0.3 is 0 Å². The molecule has 0 aromatic heterocycles. The predicted molar refractivity (Wildman–Crippen MR) is 108 cm³/mol. The number of halogens is 3. The number of nitrogens with one attached hydrogen (secondary N) is 1. The molecular weight excluding hydrogens is 431 g/mol. The molecule has 0 spiro atoms. The van der Waals surface area contributed by atoms with Gasteiger partial charge in [-0.05, 0) is 49.2 Å². The normalized spacial score (nSPS) is 15.5. The Morgan fingerprint density at radius 1 is 0.926 bits per heavy atom. The average molecular weight is 448 g/mol. The van der Waals surface area contributed by atoms with Gasteiger partial charge in [0, 0.05) is 34.4 Å². The Kier molecular flexibility index (Phi) is 6.33. The molecule has 1 heterocycles. The number of hydrogen-bond acceptors (Lipinski definition) is 3. The lowest BCUT2D eigenvalue weighted by molar-refractivity contribution is 0.102. The summed E-state index contributed by atoms with van der Waals surface area (Å²) in [5, 5.41) is 3.50. The Hall–Kier alpha value is -1.31. The van der Waals surface area contributed by atoms with E-state index < -0.39 is 15.9 Å². The Morgan fingerprint density at radius 3 is 2.19 bits per heavy atom. The van der Waals surface area contributed by atoms with Gasteiger partial charge in [0.1, 0.15) is 4.90 Å². The van der Waals surface area contributed by atoms with E-state index in [1.54, 1.807) is 18.2 Å². The molecule has 0 radical (unpaired) electrons. The summed E-state index contributed by atoms with van der Waals surface area (Å²) < 4.78 is 27.2. The van der Waals surface area contributed by atoms with Gasteiger partial charge in [-0.1, -0.05) is 41.2 Å². The number of anilines is 1. The van der Waals surface area contributed by atoms with Crippen molar-refractivity contribution < 1.29 is 13.2 Å². The van der Waals surface area contributed by atoms with Crippen LogP contribution in [0.3, 0.4) is 0 Å². The van der Waals surface area contributed by atoms with Crippen molar-refractivity contribution >= 4 is 56.4 Å². The van der Waals surface area contributed by atoms with E-state index in [1.165, 1.54) is 22.5 Å². The number of amides is 1. The molecule has 0 saturated carbocycles. The largest absolute Gasteiger partial charge is 0.322 e. The highest BCUT2D eigenvalue weighted by molar-refractivity contribution is 7.89. The Labute approximate surface area is 173 Å². The SMILES string of the molecule is O=C(Nc1cc(Cl)cc(Cl)c1)c1ccc(Cl)c(S(=O)(=O)N2CCCCC2)c1. The highest BCUT2D eigenvalue weighted by Gasteiger charge is 2.28. The standard InChI is InChI=1S/C18H17Cl3N2O3S/c19-13-9-14(20)11-15(10-13)22-18(24)12-4-5-16(21)17(8-12)27(25,26)23-6-2-1-3-7-23/h4-5,8-11H,1-3,6-7H2,(H,22,24). The first kappa shape index (κ1) is 20.4. The molecule has 9 heteroatoms. The van der Waals surface area contributed by atoms with E-state index in [1.807, 2.05) is 0 Å². The summed E-state index contributed by atoms with van der Waals surface area (Å²) in [7, 11) is -3.76. The minimum atomic E-state index is -3.76. The van der Waals surface area contributed by atoms with Crippen LogP contribution in [-0.2, 0) is 10.0 Å². The number of hydrogen-bond donors (Lipinski definition) is 1. The van der Waals surface area contributed by atoms with Crippen molar-refractivity contribution in [2.75, 3.05) is 18.4 Å². The zero-order valence-corrected chi connectivity index (χ0v) is 17.3. The lowest BCUT2D eigenvalue weighted by Crippen LogP contribution is -2.35. The van der Waals surface area contributed by atoms with Crippen LogP contribution in [0.4, 0.5) is 5.69 Å². The molecule has 1 saturated heterocycles. The summed E-state index contributed by atoms with van der Waals surface area (Å²) in [6.07, 6.45) is 2.63. The van der Waals surface area contributed by atoms with Crippen LogP contribution in [-0.4, -0.2) is 31.7 Å². The second-order valence-corrected chi connectivity index (χ2v) is 9.41. The van der Waals surface area contributed by atoms with E-state index in [9.17, 15) is 13.2 Å². The fraction of sp³-hybridized carbons (Fsp3) is 0.278. The van der Waals surface area contributed by atoms with Gasteiger partial charge in [-0.3, -0.25) is 4.79 Å². The number of piperidine rings is 1. The molecule has 0 unspecified atom stereocenters. The molecule has 27 heavy (non-hydrogen) atoms. The van der Waals surface area contributed by atoms with Crippen molar-refractivity contribution in [3.05, 3.63) is 57.0 Å². The minimum absolute atomic E-state index is 0.0668. The van der Waals surface area contributed by atoms with Gasteiger partial charge in [-0.2, -0.15) is 4.31 Å². The van der Waals surface area contributed by atoms with Crippen LogP contribution < -0.4 is 5.32 Å². The molecule has 1 aliphatic heterocycles. The first-order valence-electron chi connectivity index (χ1n) is 8.34. The van der Waals surface area contributed by atoms with Crippen molar-refractivity contribution in [1.29, 1.82) is 0 Å². The van der Waals surface area contributed by atoms with Gasteiger partial charge in [0.05, 0.1) is 5.02 Å². The zero-order valence-electron chi connectivity index (χ0n) is 14.2. The number of benzene rings is 2. The first-order valence-corrected chi connectivity index (χ1v) is 10.9. The summed E-state index contributed by atoms with van der Waals surface area (Å²) in [6.45, 7) is 0.909. The van der Waals surface area contributed by atoms with E-state index in [0.29, 0.717) is 28.8 Å². The molecular formula is C18H17Cl3N2O3S. The molecule has 5 nitrogen and oxygen atoms in total. The van der Waals surface area contributed by atoms with Crippen LogP contribution in [0.1, 0.15) is 29.6 Å². The smallest absolute Gasteiger partial charge is 0.255 e. The van der Waals surface area contributed by atoms with E-state index in [-0.39, 0.29) is 15.5 Å². The lowest BCUT2D eigenvalue weighted by atomic mass is 10.2. The van der Waals surface area contributed by atoms with E-state index in [4.69, 9.17) is 34.8 Å². The van der Waals surface area contributed by atoms with Crippen LogP contribution >= 0.6 is 34.8 Å². The third kappa shape index (κ3) is 4.76. The Morgan fingerprint density at radius 2 is 1.56 bits per heavy atom. The van der Waals surface area contributed by atoms with Crippen molar-refractivity contribution in [1.82, 2.24) is 4.31 Å². The van der Waals surface area contributed by atoms with Crippen molar-refractivity contribution in [2.45, 2.75) is 24.2 Å². The van der Waals surface area contributed by atoms with Crippen molar-refractivity contribution in [3.8, 4) is 0 Å². The molecule has 2 aromatic rings. The summed E-state index contributed by atoms with van der Waals surface area (Å²) in [5.41, 5.74) is 0.582. The molecule has 0 bridgehead atoms. The lowest BCUT2D eigenvalue weighted by Gasteiger charge is -2.26. The molecule has 0 aliphatic carbocycles. The van der Waals surface area contributed by atoms with Crippen LogP contribution in [0, 0.1) is 0 Å². The monoisotopic (exact) mass is 446 g/mol. The van der Waals surface area contributed by atoms with Crippen LogP contribution in [0.25, 0.3) is 0 Å².